The van der Waals surface area contributed by atoms with Crippen LogP contribution < -0.4 is 0 Å². The summed E-state index contributed by atoms with van der Waals surface area (Å²) < 4.78 is 0. The van der Waals surface area contributed by atoms with E-state index in [-0.39, 0.29) is 0 Å². The summed E-state index contributed by atoms with van der Waals surface area (Å²) in [5.74, 6) is 1.08. The van der Waals surface area contributed by atoms with Crippen LogP contribution in [0.2, 0.25) is 0 Å². The lowest BCUT2D eigenvalue weighted by atomic mass is 10.0. The normalized spacial score (nSPS) is 20.1. The molecule has 1 aliphatic rings. The summed E-state index contributed by atoms with van der Waals surface area (Å²) in [5, 5.41) is 0. The first-order chi connectivity index (χ1) is 5.43. The summed E-state index contributed by atoms with van der Waals surface area (Å²) in [6.45, 7) is 2.11. The van der Waals surface area contributed by atoms with E-state index < -0.39 is 0 Å². The predicted octanol–water partition coefficient (Wildman–Crippen LogP) is 3.92. The van der Waals surface area contributed by atoms with Crippen LogP contribution in [0.4, 0.5) is 0 Å². The van der Waals surface area contributed by atoms with Crippen LogP contribution in [-0.2, 0) is 0 Å². The molecule has 0 radical (unpaired) electrons. The SMILES string of the molecule is C/C=C/CCCC1CCCC1. The fourth-order valence-electron chi connectivity index (χ4n) is 1.99. The molecule has 1 rings (SSSR count). The number of rotatable bonds is 4. The molecule has 0 nitrogen and oxygen atoms in total. The second kappa shape index (κ2) is 5.40. The molecule has 0 amide bonds. The van der Waals surface area contributed by atoms with Gasteiger partial charge in [0.15, 0.2) is 0 Å². The van der Waals surface area contributed by atoms with E-state index in [2.05, 4.69) is 19.1 Å². The van der Waals surface area contributed by atoms with Crippen LogP contribution in [0.1, 0.15) is 51.9 Å². The maximum atomic E-state index is 2.29. The van der Waals surface area contributed by atoms with Crippen LogP contribution in [0.5, 0.6) is 0 Å². The average molecular weight is 152 g/mol. The van der Waals surface area contributed by atoms with Crippen LogP contribution in [0.3, 0.4) is 0 Å². The number of hydrogen-bond acceptors (Lipinski definition) is 0. The van der Waals surface area contributed by atoms with Crippen molar-refractivity contribution in [2.24, 2.45) is 5.92 Å². The van der Waals surface area contributed by atoms with E-state index in [9.17, 15) is 0 Å². The number of unbranched alkanes of at least 4 members (excludes halogenated alkanes) is 1. The van der Waals surface area contributed by atoms with E-state index in [4.69, 9.17) is 0 Å². The van der Waals surface area contributed by atoms with Gasteiger partial charge < -0.3 is 0 Å². The molecule has 0 aromatic carbocycles. The third-order valence-corrected chi connectivity index (χ3v) is 2.69. The topological polar surface area (TPSA) is 0 Å². The smallest absolute Gasteiger partial charge is 0.0351 e. The summed E-state index contributed by atoms with van der Waals surface area (Å²) in [4.78, 5) is 0. The molecule has 1 saturated carbocycles. The third-order valence-electron chi connectivity index (χ3n) is 2.69. The summed E-state index contributed by atoms with van der Waals surface area (Å²) in [6, 6.07) is 0. The van der Waals surface area contributed by atoms with Gasteiger partial charge in [0.1, 0.15) is 0 Å². The molecule has 0 aromatic heterocycles. The van der Waals surface area contributed by atoms with Crippen LogP contribution in [0.15, 0.2) is 12.2 Å². The van der Waals surface area contributed by atoms with E-state index >= 15 is 0 Å². The molecule has 1 aliphatic carbocycles. The van der Waals surface area contributed by atoms with Gasteiger partial charge in [0, 0.05) is 0 Å². The molecule has 64 valence electrons. The molecule has 0 heterocycles. The maximum absolute atomic E-state index is 2.29. The highest BCUT2D eigenvalue weighted by atomic mass is 14.2. The van der Waals surface area contributed by atoms with E-state index in [1.807, 2.05) is 0 Å². The lowest BCUT2D eigenvalue weighted by molar-refractivity contribution is 0.486. The first-order valence-corrected chi connectivity index (χ1v) is 5.04. The van der Waals surface area contributed by atoms with Gasteiger partial charge in [-0.05, 0) is 25.7 Å². The van der Waals surface area contributed by atoms with Crippen molar-refractivity contribution < 1.29 is 0 Å². The molecule has 0 N–H and O–H groups in total. The quantitative estimate of drug-likeness (QED) is 0.423. The minimum Gasteiger partial charge on any atom is -0.0917 e. The highest BCUT2D eigenvalue weighted by Crippen LogP contribution is 2.28. The van der Waals surface area contributed by atoms with Crippen LogP contribution >= 0.6 is 0 Å². The Kier molecular flexibility index (Phi) is 4.33. The lowest BCUT2D eigenvalue weighted by Gasteiger charge is -2.05. The first kappa shape index (κ1) is 8.83. The van der Waals surface area contributed by atoms with E-state index in [1.165, 1.54) is 44.9 Å². The first-order valence-electron chi connectivity index (χ1n) is 5.04. The Morgan fingerprint density at radius 2 is 2.00 bits per heavy atom. The highest BCUT2D eigenvalue weighted by Gasteiger charge is 2.13. The van der Waals surface area contributed by atoms with Gasteiger partial charge in [0.2, 0.25) is 0 Å². The Bertz CT molecular complexity index is 107. The third kappa shape index (κ3) is 3.60. The molecular formula is C11H20. The minimum absolute atomic E-state index is 1.08. The molecule has 11 heavy (non-hydrogen) atoms. The average Bonchev–Trinajstić information content (AvgIpc) is 2.50. The Balaban J connectivity index is 1.93. The van der Waals surface area contributed by atoms with Crippen molar-refractivity contribution >= 4 is 0 Å². The van der Waals surface area contributed by atoms with Crippen LogP contribution in [-0.4, -0.2) is 0 Å². The van der Waals surface area contributed by atoms with Crippen molar-refractivity contribution in [1.29, 1.82) is 0 Å². The number of allylic oxidation sites excluding steroid dienone is 2. The zero-order chi connectivity index (χ0) is 7.94. The fraction of sp³-hybridized carbons (Fsp3) is 0.818. The maximum Gasteiger partial charge on any atom is -0.0351 e. The summed E-state index contributed by atoms with van der Waals surface area (Å²) in [6.07, 6.45) is 14.6. The van der Waals surface area contributed by atoms with E-state index in [0.29, 0.717) is 0 Å². The monoisotopic (exact) mass is 152 g/mol. The summed E-state index contributed by atoms with van der Waals surface area (Å²) in [5.41, 5.74) is 0. The predicted molar refractivity (Wildman–Crippen MR) is 50.6 cm³/mol. The largest absolute Gasteiger partial charge is 0.0917 e. The van der Waals surface area contributed by atoms with Gasteiger partial charge in [0.05, 0.1) is 0 Å². The molecule has 0 heteroatoms. The molecule has 0 aliphatic heterocycles. The van der Waals surface area contributed by atoms with Crippen LogP contribution in [0.25, 0.3) is 0 Å². The van der Waals surface area contributed by atoms with Crippen LogP contribution in [0, 0.1) is 5.92 Å². The standard InChI is InChI=1S/C11H20/c1-2-3-4-5-8-11-9-6-7-10-11/h2-3,11H,4-10H2,1H3/b3-2+. The van der Waals surface area contributed by atoms with Crippen molar-refractivity contribution in [2.75, 3.05) is 0 Å². The summed E-state index contributed by atoms with van der Waals surface area (Å²) >= 11 is 0. The van der Waals surface area contributed by atoms with Crippen molar-refractivity contribution in [3.8, 4) is 0 Å². The molecule has 0 saturated heterocycles. The fourth-order valence-corrected chi connectivity index (χ4v) is 1.99. The zero-order valence-corrected chi connectivity index (χ0v) is 7.68. The molecule has 0 atom stereocenters. The Labute approximate surface area is 70.7 Å². The van der Waals surface area contributed by atoms with Gasteiger partial charge in [-0.15, -0.1) is 0 Å². The zero-order valence-electron chi connectivity index (χ0n) is 7.68. The van der Waals surface area contributed by atoms with E-state index in [0.717, 1.165) is 5.92 Å². The van der Waals surface area contributed by atoms with Gasteiger partial charge >= 0.3 is 0 Å². The minimum atomic E-state index is 1.08. The number of hydrogen-bond donors (Lipinski definition) is 0. The van der Waals surface area contributed by atoms with Crippen molar-refractivity contribution in [1.82, 2.24) is 0 Å². The molecule has 0 bridgehead atoms. The second-order valence-corrected chi connectivity index (χ2v) is 3.65. The summed E-state index contributed by atoms with van der Waals surface area (Å²) in [7, 11) is 0. The van der Waals surface area contributed by atoms with Gasteiger partial charge in [-0.3, -0.25) is 0 Å². The second-order valence-electron chi connectivity index (χ2n) is 3.65. The Morgan fingerprint density at radius 1 is 1.27 bits per heavy atom. The molecule has 1 fully saturated rings. The Morgan fingerprint density at radius 3 is 2.64 bits per heavy atom. The van der Waals surface area contributed by atoms with Crippen molar-refractivity contribution in [3.63, 3.8) is 0 Å². The molecule has 0 unspecified atom stereocenters. The Hall–Kier alpha value is -0.260. The lowest BCUT2D eigenvalue weighted by Crippen LogP contribution is -1.91. The molecule has 0 aromatic rings. The van der Waals surface area contributed by atoms with Gasteiger partial charge in [-0.1, -0.05) is 44.3 Å². The highest BCUT2D eigenvalue weighted by molar-refractivity contribution is 4.77. The van der Waals surface area contributed by atoms with Gasteiger partial charge in [-0.2, -0.15) is 0 Å². The van der Waals surface area contributed by atoms with E-state index in [1.54, 1.807) is 0 Å². The molecule has 0 spiro atoms. The van der Waals surface area contributed by atoms with Gasteiger partial charge in [-0.25, -0.2) is 0 Å². The van der Waals surface area contributed by atoms with Crippen molar-refractivity contribution in [3.05, 3.63) is 12.2 Å². The van der Waals surface area contributed by atoms with Crippen molar-refractivity contribution in [2.45, 2.75) is 51.9 Å². The van der Waals surface area contributed by atoms with Gasteiger partial charge in [0.25, 0.3) is 0 Å². The molecular weight excluding hydrogens is 132 g/mol.